The van der Waals surface area contributed by atoms with Gasteiger partial charge in [0.2, 0.25) is 0 Å². The highest BCUT2D eigenvalue weighted by molar-refractivity contribution is 5.80. The van der Waals surface area contributed by atoms with Gasteiger partial charge in [-0.25, -0.2) is 5.06 Å². The summed E-state index contributed by atoms with van der Waals surface area (Å²) in [5.41, 5.74) is 1.18. The number of nitrogens with zero attached hydrogens (tertiary/aromatic N) is 1. The zero-order valence-corrected chi connectivity index (χ0v) is 7.25. The maximum Gasteiger partial charge on any atom is 0.252 e. The van der Waals surface area contributed by atoms with Gasteiger partial charge in [-0.05, 0) is 19.3 Å². The molecule has 1 amide bonds. The number of amides is 1. The summed E-state index contributed by atoms with van der Waals surface area (Å²) in [7, 11) is 1.68. The lowest BCUT2D eigenvalue weighted by atomic mass is 9.84. The Morgan fingerprint density at radius 1 is 1.67 bits per heavy atom. The van der Waals surface area contributed by atoms with E-state index in [1.807, 2.05) is 0 Å². The molecule has 0 radical (unpaired) electrons. The SMILES string of the molecule is C=C1CCC2ON(C)C(=O)C2C1. The third kappa shape index (κ3) is 1.05. The molecule has 0 aromatic carbocycles. The standard InChI is InChI=1S/C9H13NO2/c1-6-3-4-8-7(5-6)9(11)10(2)12-8/h7-8H,1,3-5H2,2H3. The van der Waals surface area contributed by atoms with E-state index in [9.17, 15) is 4.79 Å². The molecule has 0 N–H and O–H groups in total. The van der Waals surface area contributed by atoms with Gasteiger partial charge in [0.15, 0.2) is 0 Å². The lowest BCUT2D eigenvalue weighted by molar-refractivity contribution is -0.164. The van der Waals surface area contributed by atoms with Crippen LogP contribution in [0.2, 0.25) is 0 Å². The molecule has 1 aliphatic carbocycles. The molecule has 1 aliphatic heterocycles. The van der Waals surface area contributed by atoms with Crippen LogP contribution in [0.3, 0.4) is 0 Å². The fourth-order valence-electron chi connectivity index (χ4n) is 1.95. The van der Waals surface area contributed by atoms with Crippen molar-refractivity contribution in [1.29, 1.82) is 0 Å². The van der Waals surface area contributed by atoms with E-state index < -0.39 is 0 Å². The average molecular weight is 167 g/mol. The zero-order valence-electron chi connectivity index (χ0n) is 7.25. The molecule has 66 valence electrons. The molecule has 3 nitrogen and oxygen atoms in total. The first-order valence-corrected chi connectivity index (χ1v) is 4.29. The number of hydrogen-bond acceptors (Lipinski definition) is 2. The summed E-state index contributed by atoms with van der Waals surface area (Å²) in [6.07, 6.45) is 2.88. The third-order valence-electron chi connectivity index (χ3n) is 2.66. The van der Waals surface area contributed by atoms with Gasteiger partial charge in [0.1, 0.15) is 0 Å². The van der Waals surface area contributed by atoms with Crippen LogP contribution in [0.25, 0.3) is 0 Å². The number of fused-ring (bicyclic) bond motifs is 1. The van der Waals surface area contributed by atoms with E-state index in [0.29, 0.717) is 0 Å². The van der Waals surface area contributed by atoms with Crippen LogP contribution >= 0.6 is 0 Å². The molecular weight excluding hydrogens is 154 g/mol. The molecule has 2 fully saturated rings. The summed E-state index contributed by atoms with van der Waals surface area (Å²) in [5.74, 6) is 0.164. The monoisotopic (exact) mass is 167 g/mol. The minimum absolute atomic E-state index is 0.0521. The van der Waals surface area contributed by atoms with Crippen molar-refractivity contribution in [3.63, 3.8) is 0 Å². The third-order valence-corrected chi connectivity index (χ3v) is 2.66. The lowest BCUT2D eigenvalue weighted by Gasteiger charge is -2.21. The van der Waals surface area contributed by atoms with Crippen molar-refractivity contribution in [2.24, 2.45) is 5.92 Å². The van der Waals surface area contributed by atoms with Crippen LogP contribution in [0.1, 0.15) is 19.3 Å². The highest BCUT2D eigenvalue weighted by atomic mass is 16.7. The van der Waals surface area contributed by atoms with Crippen LogP contribution in [0.15, 0.2) is 12.2 Å². The maximum atomic E-state index is 11.4. The summed E-state index contributed by atoms with van der Waals surface area (Å²) in [5, 5.41) is 1.37. The van der Waals surface area contributed by atoms with Crippen LogP contribution < -0.4 is 0 Å². The van der Waals surface area contributed by atoms with Crippen molar-refractivity contribution in [3.05, 3.63) is 12.2 Å². The molecule has 2 atom stereocenters. The Balaban J connectivity index is 2.15. The molecule has 0 aromatic rings. The van der Waals surface area contributed by atoms with E-state index in [1.165, 1.54) is 10.6 Å². The smallest absolute Gasteiger partial charge is 0.252 e. The van der Waals surface area contributed by atoms with Gasteiger partial charge in [0, 0.05) is 7.05 Å². The Labute approximate surface area is 71.9 Å². The molecule has 12 heavy (non-hydrogen) atoms. The highest BCUT2D eigenvalue weighted by Gasteiger charge is 2.42. The van der Waals surface area contributed by atoms with E-state index in [1.54, 1.807) is 7.05 Å². The van der Waals surface area contributed by atoms with Gasteiger partial charge in [-0.15, -0.1) is 0 Å². The predicted octanol–water partition coefficient (Wildman–Crippen LogP) is 1.11. The van der Waals surface area contributed by atoms with Gasteiger partial charge < -0.3 is 0 Å². The van der Waals surface area contributed by atoms with Crippen LogP contribution in [-0.4, -0.2) is 24.1 Å². The number of hydrogen-bond donors (Lipinski definition) is 0. The van der Waals surface area contributed by atoms with E-state index >= 15 is 0 Å². The number of hydroxylamine groups is 2. The Morgan fingerprint density at radius 3 is 3.17 bits per heavy atom. The zero-order chi connectivity index (χ0) is 8.72. The first-order chi connectivity index (χ1) is 5.68. The molecule has 0 bridgehead atoms. The Kier molecular flexibility index (Phi) is 1.68. The first kappa shape index (κ1) is 7.80. The summed E-state index contributed by atoms with van der Waals surface area (Å²) in [6.45, 7) is 3.91. The second-order valence-corrected chi connectivity index (χ2v) is 3.58. The van der Waals surface area contributed by atoms with Crippen LogP contribution in [-0.2, 0) is 9.63 Å². The average Bonchev–Trinajstić information content (AvgIpc) is 2.31. The maximum absolute atomic E-state index is 11.4. The van der Waals surface area contributed by atoms with Crippen molar-refractivity contribution < 1.29 is 9.63 Å². The quantitative estimate of drug-likeness (QED) is 0.506. The van der Waals surface area contributed by atoms with Crippen LogP contribution in [0, 0.1) is 5.92 Å². The van der Waals surface area contributed by atoms with Gasteiger partial charge >= 0.3 is 0 Å². The van der Waals surface area contributed by atoms with E-state index in [0.717, 1.165) is 19.3 Å². The summed E-state index contributed by atoms with van der Waals surface area (Å²) < 4.78 is 0. The molecule has 2 unspecified atom stereocenters. The van der Waals surface area contributed by atoms with Crippen molar-refractivity contribution in [2.75, 3.05) is 7.05 Å². The Morgan fingerprint density at radius 2 is 2.42 bits per heavy atom. The van der Waals surface area contributed by atoms with Crippen LogP contribution in [0.4, 0.5) is 0 Å². The topological polar surface area (TPSA) is 29.5 Å². The fourth-order valence-corrected chi connectivity index (χ4v) is 1.95. The second kappa shape index (κ2) is 2.59. The molecule has 1 saturated carbocycles. The van der Waals surface area contributed by atoms with Crippen molar-refractivity contribution in [1.82, 2.24) is 5.06 Å². The van der Waals surface area contributed by atoms with E-state index in [2.05, 4.69) is 6.58 Å². The van der Waals surface area contributed by atoms with Gasteiger partial charge in [0.05, 0.1) is 12.0 Å². The lowest BCUT2D eigenvalue weighted by Crippen LogP contribution is -2.26. The predicted molar refractivity (Wildman–Crippen MR) is 44.1 cm³/mol. The summed E-state index contributed by atoms with van der Waals surface area (Å²) in [6, 6.07) is 0. The second-order valence-electron chi connectivity index (χ2n) is 3.58. The Bertz CT molecular complexity index is 237. The molecule has 0 spiro atoms. The minimum atomic E-state index is 0.0521. The van der Waals surface area contributed by atoms with Crippen molar-refractivity contribution in [3.8, 4) is 0 Å². The first-order valence-electron chi connectivity index (χ1n) is 4.29. The summed E-state index contributed by atoms with van der Waals surface area (Å²) in [4.78, 5) is 16.8. The Hall–Kier alpha value is -0.830. The van der Waals surface area contributed by atoms with Gasteiger partial charge in [0.25, 0.3) is 5.91 Å². The van der Waals surface area contributed by atoms with E-state index in [-0.39, 0.29) is 17.9 Å². The molecule has 2 rings (SSSR count). The fraction of sp³-hybridized carbons (Fsp3) is 0.667. The van der Waals surface area contributed by atoms with Crippen molar-refractivity contribution in [2.45, 2.75) is 25.4 Å². The van der Waals surface area contributed by atoms with Gasteiger partial charge in [-0.1, -0.05) is 12.2 Å². The number of carbonyl (C=O) groups is 1. The number of allylic oxidation sites excluding steroid dienone is 1. The molecular formula is C9H13NO2. The minimum Gasteiger partial charge on any atom is -0.272 e. The largest absolute Gasteiger partial charge is 0.272 e. The molecule has 1 heterocycles. The number of carbonyl (C=O) groups excluding carboxylic acids is 1. The van der Waals surface area contributed by atoms with E-state index in [4.69, 9.17) is 4.84 Å². The summed E-state index contributed by atoms with van der Waals surface area (Å²) >= 11 is 0. The van der Waals surface area contributed by atoms with Crippen molar-refractivity contribution >= 4 is 5.91 Å². The number of rotatable bonds is 0. The van der Waals surface area contributed by atoms with Gasteiger partial charge in [-0.2, -0.15) is 0 Å². The van der Waals surface area contributed by atoms with Crippen LogP contribution in [0.5, 0.6) is 0 Å². The normalized spacial score (nSPS) is 35.6. The molecule has 1 saturated heterocycles. The highest BCUT2D eigenvalue weighted by Crippen LogP contribution is 2.35. The molecule has 2 aliphatic rings. The molecule has 3 heteroatoms. The molecule has 0 aromatic heterocycles. The van der Waals surface area contributed by atoms with Gasteiger partial charge in [-0.3, -0.25) is 9.63 Å².